The van der Waals surface area contributed by atoms with E-state index < -0.39 is 11.6 Å². The molecule has 4 aromatic rings. The molecule has 28 heavy (non-hydrogen) atoms. The van der Waals surface area contributed by atoms with Crippen molar-refractivity contribution in [3.8, 4) is 11.5 Å². The molecule has 0 aliphatic carbocycles. The monoisotopic (exact) mass is 379 g/mol. The van der Waals surface area contributed by atoms with Crippen LogP contribution in [0.25, 0.3) is 22.2 Å². The zero-order valence-electron chi connectivity index (χ0n) is 15.6. The van der Waals surface area contributed by atoms with Crippen molar-refractivity contribution in [2.24, 2.45) is 0 Å². The molecular weight excluding hydrogens is 360 g/mol. The lowest BCUT2D eigenvalue weighted by Crippen LogP contribution is -2.18. The maximum absolute atomic E-state index is 14.0. The molecule has 0 amide bonds. The maximum Gasteiger partial charge on any atom is 0.229 e. The lowest BCUT2D eigenvalue weighted by molar-refractivity contribution is 0.314. The van der Waals surface area contributed by atoms with E-state index in [2.05, 4.69) is 20.9 Å². The van der Waals surface area contributed by atoms with Crippen molar-refractivity contribution in [2.45, 2.75) is 20.0 Å². The number of halogens is 2. The van der Waals surface area contributed by atoms with Crippen LogP contribution in [0.15, 0.2) is 59.3 Å². The van der Waals surface area contributed by atoms with Gasteiger partial charge in [-0.05, 0) is 49.2 Å². The Hall–Kier alpha value is -3.12. The van der Waals surface area contributed by atoms with Crippen LogP contribution < -0.4 is 0 Å². The molecule has 2 aromatic heterocycles. The van der Waals surface area contributed by atoms with E-state index in [0.29, 0.717) is 24.5 Å². The second-order valence-corrected chi connectivity index (χ2v) is 6.83. The molecule has 2 heterocycles. The van der Waals surface area contributed by atoms with Gasteiger partial charge in [0.2, 0.25) is 5.89 Å². The SMILES string of the molecule is Cc1oc(-c2cc(F)ccc2F)nc1CN(C)Cc1cccc2cnccc12. The van der Waals surface area contributed by atoms with E-state index in [1.807, 2.05) is 31.4 Å². The van der Waals surface area contributed by atoms with Crippen molar-refractivity contribution in [3.05, 3.63) is 83.5 Å². The Morgan fingerprint density at radius 3 is 2.79 bits per heavy atom. The molecule has 0 aliphatic rings. The highest BCUT2D eigenvalue weighted by Crippen LogP contribution is 2.26. The number of hydrogen-bond acceptors (Lipinski definition) is 4. The highest BCUT2D eigenvalue weighted by Gasteiger charge is 2.17. The summed E-state index contributed by atoms with van der Waals surface area (Å²) >= 11 is 0. The molecule has 0 aliphatic heterocycles. The van der Waals surface area contributed by atoms with E-state index in [1.165, 1.54) is 5.56 Å². The first-order valence-electron chi connectivity index (χ1n) is 8.93. The first kappa shape index (κ1) is 18.3. The largest absolute Gasteiger partial charge is 0.441 e. The van der Waals surface area contributed by atoms with Crippen LogP contribution in [-0.2, 0) is 13.1 Å². The molecule has 0 N–H and O–H groups in total. The van der Waals surface area contributed by atoms with Crippen molar-refractivity contribution in [3.63, 3.8) is 0 Å². The minimum absolute atomic E-state index is 0.0264. The lowest BCUT2D eigenvalue weighted by Gasteiger charge is -2.17. The van der Waals surface area contributed by atoms with Gasteiger partial charge < -0.3 is 4.42 Å². The third-order valence-corrected chi connectivity index (χ3v) is 4.68. The summed E-state index contributed by atoms with van der Waals surface area (Å²) in [6.45, 7) is 3.01. The molecule has 0 saturated heterocycles. The van der Waals surface area contributed by atoms with Crippen LogP contribution in [-0.4, -0.2) is 21.9 Å². The summed E-state index contributed by atoms with van der Waals surface area (Å²) in [6, 6.07) is 11.4. The number of benzene rings is 2. The van der Waals surface area contributed by atoms with Crippen LogP contribution in [0.1, 0.15) is 17.0 Å². The van der Waals surface area contributed by atoms with Gasteiger partial charge in [0.25, 0.3) is 0 Å². The molecule has 6 heteroatoms. The fraction of sp³-hybridized carbons (Fsp3) is 0.182. The maximum atomic E-state index is 14.0. The second-order valence-electron chi connectivity index (χ2n) is 6.83. The fourth-order valence-corrected chi connectivity index (χ4v) is 3.28. The first-order valence-corrected chi connectivity index (χ1v) is 8.93. The van der Waals surface area contributed by atoms with Crippen molar-refractivity contribution in [2.75, 3.05) is 7.05 Å². The normalized spacial score (nSPS) is 11.5. The quantitative estimate of drug-likeness (QED) is 0.483. The Labute approximate surface area is 161 Å². The van der Waals surface area contributed by atoms with E-state index in [-0.39, 0.29) is 11.5 Å². The summed E-state index contributed by atoms with van der Waals surface area (Å²) in [7, 11) is 1.98. The topological polar surface area (TPSA) is 42.2 Å². The molecule has 4 nitrogen and oxygen atoms in total. The number of pyridine rings is 1. The van der Waals surface area contributed by atoms with Gasteiger partial charge in [-0.15, -0.1) is 0 Å². The van der Waals surface area contributed by atoms with E-state index in [1.54, 1.807) is 13.1 Å². The number of hydrogen-bond donors (Lipinski definition) is 0. The van der Waals surface area contributed by atoms with Gasteiger partial charge in [-0.1, -0.05) is 18.2 Å². The van der Waals surface area contributed by atoms with Gasteiger partial charge in [0.15, 0.2) is 0 Å². The molecule has 4 rings (SSSR count). The Balaban J connectivity index is 1.56. The van der Waals surface area contributed by atoms with Crippen LogP contribution in [0.4, 0.5) is 8.78 Å². The third kappa shape index (κ3) is 3.64. The average Bonchev–Trinajstić information content (AvgIpc) is 3.04. The predicted octanol–water partition coefficient (Wildman–Crippen LogP) is 5.11. The van der Waals surface area contributed by atoms with Crippen molar-refractivity contribution in [1.82, 2.24) is 14.9 Å². The van der Waals surface area contributed by atoms with Crippen LogP contribution in [0.5, 0.6) is 0 Å². The molecule has 0 unspecified atom stereocenters. The first-order chi connectivity index (χ1) is 13.5. The molecule has 0 radical (unpaired) electrons. The number of aryl methyl sites for hydroxylation is 1. The zero-order valence-corrected chi connectivity index (χ0v) is 15.6. The Morgan fingerprint density at radius 1 is 1.07 bits per heavy atom. The Kier molecular flexibility index (Phi) is 4.88. The third-order valence-electron chi connectivity index (χ3n) is 4.68. The Bertz CT molecular complexity index is 1130. The number of fused-ring (bicyclic) bond motifs is 1. The van der Waals surface area contributed by atoms with Crippen LogP contribution in [0.2, 0.25) is 0 Å². The van der Waals surface area contributed by atoms with Gasteiger partial charge in [0, 0.05) is 30.9 Å². The number of aromatic nitrogens is 2. The number of rotatable bonds is 5. The van der Waals surface area contributed by atoms with Crippen LogP contribution in [0, 0.1) is 18.6 Å². The standard InChI is InChI=1S/C22H19F2N3O/c1-14-21(26-22(28-14)19-10-17(23)6-7-20(19)24)13-27(2)12-16-5-3-4-15-11-25-9-8-18(15)16/h3-11H,12-13H2,1-2H3. The molecule has 2 aromatic carbocycles. The number of oxazole rings is 1. The molecule has 0 atom stereocenters. The Morgan fingerprint density at radius 2 is 1.93 bits per heavy atom. The predicted molar refractivity (Wildman–Crippen MR) is 104 cm³/mol. The van der Waals surface area contributed by atoms with Crippen molar-refractivity contribution < 1.29 is 13.2 Å². The highest BCUT2D eigenvalue weighted by atomic mass is 19.1. The van der Waals surface area contributed by atoms with Crippen molar-refractivity contribution in [1.29, 1.82) is 0 Å². The zero-order chi connectivity index (χ0) is 19.7. The van der Waals surface area contributed by atoms with Gasteiger partial charge in [0.05, 0.1) is 11.3 Å². The van der Waals surface area contributed by atoms with Crippen molar-refractivity contribution >= 4 is 10.8 Å². The minimum atomic E-state index is -0.563. The molecule has 0 fully saturated rings. The minimum Gasteiger partial charge on any atom is -0.441 e. The molecule has 142 valence electrons. The molecule has 0 bridgehead atoms. The fourth-order valence-electron chi connectivity index (χ4n) is 3.28. The van der Waals surface area contributed by atoms with Gasteiger partial charge >= 0.3 is 0 Å². The van der Waals surface area contributed by atoms with Gasteiger partial charge in [-0.2, -0.15) is 0 Å². The van der Waals surface area contributed by atoms with Gasteiger partial charge in [0.1, 0.15) is 17.4 Å². The summed E-state index contributed by atoms with van der Waals surface area (Å²) < 4.78 is 33.1. The summed E-state index contributed by atoms with van der Waals surface area (Å²) in [5.74, 6) is -0.412. The smallest absolute Gasteiger partial charge is 0.229 e. The van der Waals surface area contributed by atoms with E-state index >= 15 is 0 Å². The average molecular weight is 379 g/mol. The number of nitrogens with zero attached hydrogens (tertiary/aromatic N) is 3. The molecular formula is C22H19F2N3O. The molecule has 0 saturated carbocycles. The second kappa shape index (κ2) is 7.48. The van der Waals surface area contributed by atoms with E-state index in [0.717, 1.165) is 29.0 Å². The summed E-state index contributed by atoms with van der Waals surface area (Å²) in [4.78, 5) is 10.7. The van der Waals surface area contributed by atoms with E-state index in [9.17, 15) is 8.78 Å². The van der Waals surface area contributed by atoms with Crippen LogP contribution in [0.3, 0.4) is 0 Å². The van der Waals surface area contributed by atoms with E-state index in [4.69, 9.17) is 4.42 Å². The van der Waals surface area contributed by atoms with Gasteiger partial charge in [-0.25, -0.2) is 13.8 Å². The summed E-state index contributed by atoms with van der Waals surface area (Å²) in [5, 5.41) is 2.25. The lowest BCUT2D eigenvalue weighted by atomic mass is 10.1. The summed E-state index contributed by atoms with van der Waals surface area (Å²) in [5.41, 5.74) is 1.90. The molecule has 0 spiro atoms. The van der Waals surface area contributed by atoms with Crippen LogP contribution >= 0.6 is 0 Å². The summed E-state index contributed by atoms with van der Waals surface area (Å²) in [6.07, 6.45) is 3.63. The highest BCUT2D eigenvalue weighted by molar-refractivity contribution is 5.84. The van der Waals surface area contributed by atoms with Gasteiger partial charge in [-0.3, -0.25) is 9.88 Å².